The minimum absolute atomic E-state index is 0.00426. The van der Waals surface area contributed by atoms with Gasteiger partial charge < -0.3 is 9.47 Å². The lowest BCUT2D eigenvalue weighted by Gasteiger charge is -2.23. The number of methoxy groups -OCH3 is 1. The van der Waals surface area contributed by atoms with Crippen LogP contribution in [0.25, 0.3) is 0 Å². The van der Waals surface area contributed by atoms with E-state index in [1.807, 2.05) is 13.8 Å². The Morgan fingerprint density at radius 1 is 0.935 bits per heavy atom. The number of nitrogens with zero attached hydrogens (tertiary/aromatic N) is 1. The number of benzene rings is 3. The fourth-order valence-corrected chi connectivity index (χ4v) is 4.39. The van der Waals surface area contributed by atoms with Gasteiger partial charge in [-0.25, -0.2) is 8.42 Å². The maximum absolute atomic E-state index is 13.4. The van der Waals surface area contributed by atoms with Gasteiger partial charge in [-0.3, -0.25) is 4.79 Å². The van der Waals surface area contributed by atoms with E-state index in [9.17, 15) is 13.2 Å². The number of carbonyl (C=O) groups is 1. The highest BCUT2D eigenvalue weighted by Crippen LogP contribution is 2.27. The number of hydrogen-bond acceptors (Lipinski definition) is 5. The van der Waals surface area contributed by atoms with Gasteiger partial charge in [-0.15, -0.1) is 0 Å². The first kappa shape index (κ1) is 22.7. The second-order valence-corrected chi connectivity index (χ2v) is 9.07. The Labute approximate surface area is 187 Å². The number of amides is 1. The monoisotopic (exact) mass is 459 g/mol. The van der Waals surface area contributed by atoms with Crippen LogP contribution in [0.15, 0.2) is 71.6 Å². The molecule has 31 heavy (non-hydrogen) atoms. The van der Waals surface area contributed by atoms with Crippen molar-refractivity contribution in [3.8, 4) is 11.5 Å². The van der Waals surface area contributed by atoms with Gasteiger partial charge in [-0.2, -0.15) is 4.31 Å². The predicted octanol–water partition coefficient (Wildman–Crippen LogP) is 4.77. The first-order chi connectivity index (χ1) is 14.7. The summed E-state index contributed by atoms with van der Waals surface area (Å²) in [5, 5.41) is 0.570. The summed E-state index contributed by atoms with van der Waals surface area (Å²) in [7, 11) is -2.66. The van der Waals surface area contributed by atoms with Crippen molar-refractivity contribution < 1.29 is 22.7 Å². The Bertz CT molecular complexity index is 1180. The molecule has 0 spiro atoms. The largest absolute Gasteiger partial charge is 0.497 e. The van der Waals surface area contributed by atoms with Crippen molar-refractivity contribution in [2.75, 3.05) is 18.0 Å². The highest BCUT2D eigenvalue weighted by molar-refractivity contribution is 7.93. The van der Waals surface area contributed by atoms with Crippen molar-refractivity contribution in [1.29, 1.82) is 0 Å². The molecule has 0 saturated carbocycles. The molecular formula is C23H22ClNO5S. The summed E-state index contributed by atoms with van der Waals surface area (Å²) in [6, 6.07) is 17.4. The standard InChI is InChI=1S/C23H22ClNO5S/c1-16-4-11-21(12-5-16)31(27,28)25(18-6-8-19(29-3)9-7-18)23(26)15-30-20-10-13-22(24)17(2)14-20/h4-14H,15H2,1-3H3. The summed E-state index contributed by atoms with van der Waals surface area (Å²) < 4.78 is 38.1. The molecule has 3 aromatic rings. The molecule has 1 amide bonds. The predicted molar refractivity (Wildman–Crippen MR) is 121 cm³/mol. The summed E-state index contributed by atoms with van der Waals surface area (Å²) in [5.74, 6) is 0.216. The van der Waals surface area contributed by atoms with Crippen LogP contribution in [0.1, 0.15) is 11.1 Å². The fraction of sp³-hybridized carbons (Fsp3) is 0.174. The Kier molecular flexibility index (Phi) is 6.87. The van der Waals surface area contributed by atoms with Crippen molar-refractivity contribution in [3.05, 3.63) is 82.9 Å². The summed E-state index contributed by atoms with van der Waals surface area (Å²) >= 11 is 6.02. The smallest absolute Gasteiger partial charge is 0.278 e. The number of rotatable bonds is 7. The van der Waals surface area contributed by atoms with E-state index in [1.54, 1.807) is 42.5 Å². The van der Waals surface area contributed by atoms with Crippen LogP contribution in [0, 0.1) is 13.8 Å². The number of halogens is 1. The third-order valence-corrected chi connectivity index (χ3v) is 6.77. The Hall–Kier alpha value is -3.03. The van der Waals surface area contributed by atoms with E-state index in [0.29, 0.717) is 16.5 Å². The number of hydrogen-bond donors (Lipinski definition) is 0. The topological polar surface area (TPSA) is 72.9 Å². The van der Waals surface area contributed by atoms with Crippen LogP contribution in [0.5, 0.6) is 11.5 Å². The van der Waals surface area contributed by atoms with Gasteiger partial charge in [0.2, 0.25) is 0 Å². The van der Waals surface area contributed by atoms with Gasteiger partial charge in [-0.05, 0) is 74.0 Å². The van der Waals surface area contributed by atoms with Gasteiger partial charge in [0.15, 0.2) is 6.61 Å². The zero-order valence-electron chi connectivity index (χ0n) is 17.3. The molecule has 162 valence electrons. The van der Waals surface area contributed by atoms with E-state index < -0.39 is 22.5 Å². The summed E-state index contributed by atoms with van der Waals surface area (Å²) in [4.78, 5) is 13.1. The van der Waals surface area contributed by atoms with Crippen LogP contribution in [0.4, 0.5) is 5.69 Å². The van der Waals surface area contributed by atoms with Crippen LogP contribution in [0.2, 0.25) is 5.02 Å². The minimum atomic E-state index is -4.17. The lowest BCUT2D eigenvalue weighted by molar-refractivity contribution is -0.119. The molecular weight excluding hydrogens is 438 g/mol. The molecule has 0 aliphatic rings. The fourth-order valence-electron chi connectivity index (χ4n) is 2.86. The van der Waals surface area contributed by atoms with E-state index >= 15 is 0 Å². The lowest BCUT2D eigenvalue weighted by Crippen LogP contribution is -2.40. The Morgan fingerprint density at radius 3 is 2.13 bits per heavy atom. The Balaban J connectivity index is 1.95. The van der Waals surface area contributed by atoms with Crippen LogP contribution in [-0.2, 0) is 14.8 Å². The molecule has 0 bridgehead atoms. The summed E-state index contributed by atoms with van der Waals surface area (Å²) in [6.07, 6.45) is 0. The number of ether oxygens (including phenoxy) is 2. The molecule has 0 fully saturated rings. The van der Waals surface area contributed by atoms with Gasteiger partial charge in [0.25, 0.3) is 15.9 Å². The van der Waals surface area contributed by atoms with Gasteiger partial charge in [-0.1, -0.05) is 29.3 Å². The molecule has 0 radical (unpaired) electrons. The van der Waals surface area contributed by atoms with Gasteiger partial charge in [0.05, 0.1) is 17.7 Å². The molecule has 3 aromatic carbocycles. The first-order valence-corrected chi connectivity index (χ1v) is 11.2. The summed E-state index contributed by atoms with van der Waals surface area (Å²) in [6.45, 7) is 3.19. The lowest BCUT2D eigenvalue weighted by atomic mass is 10.2. The van der Waals surface area contributed by atoms with Gasteiger partial charge in [0.1, 0.15) is 11.5 Å². The second-order valence-electron chi connectivity index (χ2n) is 6.87. The Morgan fingerprint density at radius 2 is 1.55 bits per heavy atom. The third-order valence-electron chi connectivity index (χ3n) is 4.58. The average molecular weight is 460 g/mol. The van der Waals surface area contributed by atoms with E-state index in [0.717, 1.165) is 15.4 Å². The molecule has 0 aliphatic carbocycles. The van der Waals surface area contributed by atoms with Crippen LogP contribution < -0.4 is 13.8 Å². The van der Waals surface area contributed by atoms with E-state index in [1.165, 1.54) is 31.4 Å². The van der Waals surface area contributed by atoms with Crippen molar-refractivity contribution in [2.45, 2.75) is 18.7 Å². The van der Waals surface area contributed by atoms with Crippen LogP contribution >= 0.6 is 11.6 Å². The molecule has 6 nitrogen and oxygen atoms in total. The van der Waals surface area contributed by atoms with E-state index in [4.69, 9.17) is 21.1 Å². The number of sulfonamides is 1. The average Bonchev–Trinajstić information content (AvgIpc) is 2.75. The van der Waals surface area contributed by atoms with Crippen molar-refractivity contribution in [2.24, 2.45) is 0 Å². The summed E-state index contributed by atoms with van der Waals surface area (Å²) in [5.41, 5.74) is 1.87. The second kappa shape index (κ2) is 9.41. The van der Waals surface area contributed by atoms with E-state index in [2.05, 4.69) is 0 Å². The van der Waals surface area contributed by atoms with Crippen LogP contribution in [-0.4, -0.2) is 28.0 Å². The highest BCUT2D eigenvalue weighted by Gasteiger charge is 2.31. The highest BCUT2D eigenvalue weighted by atomic mass is 35.5. The third kappa shape index (κ3) is 5.18. The maximum Gasteiger partial charge on any atom is 0.278 e. The quantitative estimate of drug-likeness (QED) is 0.509. The first-order valence-electron chi connectivity index (χ1n) is 9.40. The molecule has 0 N–H and O–H groups in total. The van der Waals surface area contributed by atoms with Crippen molar-refractivity contribution in [1.82, 2.24) is 0 Å². The number of carbonyl (C=O) groups excluding carboxylic acids is 1. The SMILES string of the molecule is COc1ccc(N(C(=O)COc2ccc(Cl)c(C)c2)S(=O)(=O)c2ccc(C)cc2)cc1. The maximum atomic E-state index is 13.4. The van der Waals surface area contributed by atoms with Crippen molar-refractivity contribution in [3.63, 3.8) is 0 Å². The molecule has 0 atom stereocenters. The van der Waals surface area contributed by atoms with Crippen molar-refractivity contribution >= 4 is 33.2 Å². The molecule has 8 heteroatoms. The van der Waals surface area contributed by atoms with Crippen LogP contribution in [0.3, 0.4) is 0 Å². The van der Waals surface area contributed by atoms with E-state index in [-0.39, 0.29) is 10.6 Å². The minimum Gasteiger partial charge on any atom is -0.497 e. The van der Waals surface area contributed by atoms with Gasteiger partial charge in [0, 0.05) is 5.02 Å². The molecule has 0 aliphatic heterocycles. The number of anilines is 1. The zero-order chi connectivity index (χ0) is 22.6. The molecule has 0 heterocycles. The molecule has 0 unspecified atom stereocenters. The molecule has 3 rings (SSSR count). The molecule has 0 aromatic heterocycles. The van der Waals surface area contributed by atoms with Gasteiger partial charge >= 0.3 is 0 Å². The zero-order valence-corrected chi connectivity index (χ0v) is 18.9. The normalized spacial score (nSPS) is 11.1. The number of aryl methyl sites for hydroxylation is 2. The molecule has 0 saturated heterocycles.